The number of aliphatic carboxylic acids is 1. The van der Waals surface area contributed by atoms with E-state index in [-0.39, 0.29) is 6.04 Å². The minimum atomic E-state index is -0.767. The van der Waals surface area contributed by atoms with Crippen molar-refractivity contribution in [2.24, 2.45) is 0 Å². The van der Waals surface area contributed by atoms with Crippen molar-refractivity contribution in [3.63, 3.8) is 0 Å². The summed E-state index contributed by atoms with van der Waals surface area (Å²) in [6, 6.07) is 18.6. The van der Waals surface area contributed by atoms with E-state index in [0.29, 0.717) is 13.0 Å². The van der Waals surface area contributed by atoms with E-state index in [4.69, 9.17) is 5.11 Å². The summed E-state index contributed by atoms with van der Waals surface area (Å²) in [5.74, 6) is -0.767. The average Bonchev–Trinajstić information content (AvgIpc) is 3.04. The molecule has 2 aromatic carbocycles. The highest BCUT2D eigenvalue weighted by atomic mass is 16.4. The second-order valence-corrected chi connectivity index (χ2v) is 5.68. The molecule has 22 heavy (non-hydrogen) atoms. The molecule has 0 unspecified atom stereocenters. The number of benzene rings is 2. The summed E-state index contributed by atoms with van der Waals surface area (Å²) in [6.45, 7) is 1.47. The number of hydrogen-bond acceptors (Lipinski definition) is 3. The smallest absolute Gasteiger partial charge is 0.320 e. The first kappa shape index (κ1) is 14.8. The molecule has 0 aliphatic carbocycles. The molecule has 4 heteroatoms. The monoisotopic (exact) mass is 296 g/mol. The van der Waals surface area contributed by atoms with Crippen molar-refractivity contribution < 1.29 is 9.90 Å². The molecular weight excluding hydrogens is 276 g/mol. The average molecular weight is 296 g/mol. The third kappa shape index (κ3) is 3.53. The molecule has 2 aromatic rings. The molecule has 2 atom stereocenters. The zero-order chi connectivity index (χ0) is 15.4. The lowest BCUT2D eigenvalue weighted by Gasteiger charge is -2.12. The van der Waals surface area contributed by atoms with Gasteiger partial charge in [0.2, 0.25) is 0 Å². The topological polar surface area (TPSA) is 61.4 Å². The van der Waals surface area contributed by atoms with Crippen molar-refractivity contribution >= 4 is 5.97 Å². The Kier molecular flexibility index (Phi) is 4.51. The lowest BCUT2D eigenvalue weighted by atomic mass is 10.0. The SMILES string of the molecule is O=C(O)[C@@H]1C[C@H](NCc2ccc(-c3ccccc3)cc2)CN1. The van der Waals surface area contributed by atoms with E-state index < -0.39 is 12.0 Å². The first-order valence-electron chi connectivity index (χ1n) is 7.56. The molecule has 3 N–H and O–H groups in total. The largest absolute Gasteiger partial charge is 0.480 e. The van der Waals surface area contributed by atoms with Crippen LogP contribution in [0.2, 0.25) is 0 Å². The Bertz CT molecular complexity index is 625. The summed E-state index contributed by atoms with van der Waals surface area (Å²) in [5, 5.41) is 15.4. The van der Waals surface area contributed by atoms with Gasteiger partial charge in [0.1, 0.15) is 6.04 Å². The van der Waals surface area contributed by atoms with E-state index in [9.17, 15) is 4.79 Å². The number of carbonyl (C=O) groups is 1. The molecule has 0 aromatic heterocycles. The molecule has 114 valence electrons. The van der Waals surface area contributed by atoms with Crippen molar-refractivity contribution in [3.8, 4) is 11.1 Å². The molecule has 1 aliphatic heterocycles. The van der Waals surface area contributed by atoms with Gasteiger partial charge >= 0.3 is 5.97 Å². The second kappa shape index (κ2) is 6.73. The molecular formula is C18H20N2O2. The Morgan fingerprint density at radius 2 is 1.77 bits per heavy atom. The van der Waals surface area contributed by atoms with E-state index in [1.54, 1.807) is 0 Å². The summed E-state index contributed by atoms with van der Waals surface area (Å²) in [7, 11) is 0. The van der Waals surface area contributed by atoms with Gasteiger partial charge in [-0.25, -0.2) is 0 Å². The second-order valence-electron chi connectivity index (χ2n) is 5.68. The van der Waals surface area contributed by atoms with Gasteiger partial charge in [0.15, 0.2) is 0 Å². The Hall–Kier alpha value is -2.17. The van der Waals surface area contributed by atoms with Crippen LogP contribution in [-0.2, 0) is 11.3 Å². The molecule has 3 rings (SSSR count). The van der Waals surface area contributed by atoms with Crippen LogP contribution >= 0.6 is 0 Å². The molecule has 1 fully saturated rings. The number of hydrogen-bond donors (Lipinski definition) is 3. The third-order valence-electron chi connectivity index (χ3n) is 4.08. The van der Waals surface area contributed by atoms with Crippen molar-refractivity contribution in [2.45, 2.75) is 25.0 Å². The lowest BCUT2D eigenvalue weighted by molar-refractivity contribution is -0.139. The quantitative estimate of drug-likeness (QED) is 0.792. The van der Waals surface area contributed by atoms with Crippen LogP contribution in [0, 0.1) is 0 Å². The number of nitrogens with one attached hydrogen (secondary N) is 2. The third-order valence-corrected chi connectivity index (χ3v) is 4.08. The van der Waals surface area contributed by atoms with Crippen LogP contribution in [0.3, 0.4) is 0 Å². The minimum absolute atomic E-state index is 0.217. The zero-order valence-electron chi connectivity index (χ0n) is 12.3. The maximum absolute atomic E-state index is 10.9. The van der Waals surface area contributed by atoms with Gasteiger partial charge in [-0.2, -0.15) is 0 Å². The first-order chi connectivity index (χ1) is 10.7. The summed E-state index contributed by atoms with van der Waals surface area (Å²) >= 11 is 0. The number of carboxylic acids is 1. The van der Waals surface area contributed by atoms with E-state index in [0.717, 1.165) is 6.54 Å². The molecule has 1 saturated heterocycles. The molecule has 0 spiro atoms. The van der Waals surface area contributed by atoms with E-state index in [1.807, 2.05) is 18.2 Å². The van der Waals surface area contributed by atoms with E-state index >= 15 is 0 Å². The van der Waals surface area contributed by atoms with Gasteiger partial charge in [-0.05, 0) is 23.1 Å². The van der Waals surface area contributed by atoms with Gasteiger partial charge in [0.05, 0.1) is 0 Å². The predicted octanol–water partition coefficient (Wildman–Crippen LogP) is 2.26. The first-order valence-corrected chi connectivity index (χ1v) is 7.56. The fourth-order valence-corrected chi connectivity index (χ4v) is 2.79. The highest BCUT2D eigenvalue weighted by molar-refractivity contribution is 5.74. The van der Waals surface area contributed by atoms with Gasteiger partial charge < -0.3 is 15.7 Å². The maximum atomic E-state index is 10.9. The van der Waals surface area contributed by atoms with Crippen LogP contribution in [0.1, 0.15) is 12.0 Å². The predicted molar refractivity (Wildman–Crippen MR) is 86.5 cm³/mol. The van der Waals surface area contributed by atoms with Crippen LogP contribution in [0.25, 0.3) is 11.1 Å². The number of rotatable bonds is 5. The van der Waals surface area contributed by atoms with Crippen molar-refractivity contribution in [1.29, 1.82) is 0 Å². The Morgan fingerprint density at radius 1 is 1.09 bits per heavy atom. The van der Waals surface area contributed by atoms with Gasteiger partial charge in [0, 0.05) is 19.1 Å². The standard InChI is InChI=1S/C18H20N2O2/c21-18(22)17-10-16(12-20-17)19-11-13-6-8-15(9-7-13)14-4-2-1-3-5-14/h1-9,16-17,19-20H,10-12H2,(H,21,22)/t16-,17-/m0/s1. The molecule has 0 saturated carbocycles. The minimum Gasteiger partial charge on any atom is -0.480 e. The Balaban J connectivity index is 1.55. The van der Waals surface area contributed by atoms with Crippen LogP contribution < -0.4 is 10.6 Å². The van der Waals surface area contributed by atoms with Gasteiger partial charge in [-0.15, -0.1) is 0 Å². The molecule has 0 radical (unpaired) electrons. The van der Waals surface area contributed by atoms with Crippen LogP contribution in [0.5, 0.6) is 0 Å². The molecule has 4 nitrogen and oxygen atoms in total. The number of carboxylic acid groups (broad SMARTS) is 1. The molecule has 1 heterocycles. The van der Waals surface area contributed by atoms with Crippen LogP contribution in [0.15, 0.2) is 54.6 Å². The fraction of sp³-hybridized carbons (Fsp3) is 0.278. The van der Waals surface area contributed by atoms with Crippen molar-refractivity contribution in [2.75, 3.05) is 6.54 Å². The highest BCUT2D eigenvalue weighted by Gasteiger charge is 2.28. The summed E-state index contributed by atoms with van der Waals surface area (Å²) in [4.78, 5) is 10.9. The zero-order valence-corrected chi connectivity index (χ0v) is 12.3. The normalized spacial score (nSPS) is 20.9. The Labute approximate surface area is 130 Å². The fourth-order valence-electron chi connectivity index (χ4n) is 2.79. The molecule has 1 aliphatic rings. The maximum Gasteiger partial charge on any atom is 0.320 e. The summed E-state index contributed by atoms with van der Waals surface area (Å²) < 4.78 is 0. The van der Waals surface area contributed by atoms with Crippen molar-refractivity contribution in [3.05, 3.63) is 60.2 Å². The lowest BCUT2D eigenvalue weighted by Crippen LogP contribution is -2.30. The van der Waals surface area contributed by atoms with Gasteiger partial charge in [-0.1, -0.05) is 54.6 Å². The summed E-state index contributed by atoms with van der Waals surface area (Å²) in [6.07, 6.45) is 0.636. The van der Waals surface area contributed by atoms with Crippen LogP contribution in [-0.4, -0.2) is 29.7 Å². The van der Waals surface area contributed by atoms with Crippen LogP contribution in [0.4, 0.5) is 0 Å². The summed E-state index contributed by atoms with van der Waals surface area (Å²) in [5.41, 5.74) is 3.63. The van der Waals surface area contributed by atoms with Gasteiger partial charge in [0.25, 0.3) is 0 Å². The molecule has 0 amide bonds. The van der Waals surface area contributed by atoms with Crippen molar-refractivity contribution in [1.82, 2.24) is 10.6 Å². The van der Waals surface area contributed by atoms with Gasteiger partial charge in [-0.3, -0.25) is 4.79 Å². The van der Waals surface area contributed by atoms with E-state index in [1.165, 1.54) is 16.7 Å². The Morgan fingerprint density at radius 3 is 2.41 bits per heavy atom. The molecule has 0 bridgehead atoms. The highest BCUT2D eigenvalue weighted by Crippen LogP contribution is 2.19. The van der Waals surface area contributed by atoms with E-state index in [2.05, 4.69) is 47.0 Å².